The minimum absolute atomic E-state index is 0.0459. The quantitative estimate of drug-likeness (QED) is 0.905. The lowest BCUT2D eigenvalue weighted by atomic mass is 9.99. The fourth-order valence-corrected chi connectivity index (χ4v) is 2.74. The highest BCUT2D eigenvalue weighted by Gasteiger charge is 2.36. The van der Waals surface area contributed by atoms with Crippen molar-refractivity contribution in [3.05, 3.63) is 29.6 Å². The predicted octanol–water partition coefficient (Wildman–Crippen LogP) is 2.07. The van der Waals surface area contributed by atoms with Gasteiger partial charge in [0.15, 0.2) is 0 Å². The molecule has 1 saturated heterocycles. The van der Waals surface area contributed by atoms with Crippen molar-refractivity contribution in [2.24, 2.45) is 0 Å². The maximum absolute atomic E-state index is 12.8. The van der Waals surface area contributed by atoms with Crippen LogP contribution in [0.15, 0.2) is 18.3 Å². The van der Waals surface area contributed by atoms with Gasteiger partial charge >= 0.3 is 0 Å². The molecule has 0 aliphatic carbocycles. The maximum atomic E-state index is 12.8. The zero-order valence-corrected chi connectivity index (χ0v) is 14.1. The molecule has 1 atom stereocenters. The van der Waals surface area contributed by atoms with Gasteiger partial charge in [-0.05, 0) is 44.9 Å². The summed E-state index contributed by atoms with van der Waals surface area (Å²) < 4.78 is 5.38. The van der Waals surface area contributed by atoms with Crippen LogP contribution in [0.5, 0.6) is 0 Å². The Morgan fingerprint density at radius 3 is 2.73 bits per heavy atom. The van der Waals surface area contributed by atoms with Crippen molar-refractivity contribution in [3.8, 4) is 0 Å². The highest BCUT2D eigenvalue weighted by Crippen LogP contribution is 2.20. The Hall–Kier alpha value is -1.46. The molecule has 22 heavy (non-hydrogen) atoms. The Kier molecular flexibility index (Phi) is 5.53. The van der Waals surface area contributed by atoms with Crippen LogP contribution in [0.25, 0.3) is 0 Å². The van der Waals surface area contributed by atoms with E-state index in [0.717, 1.165) is 30.8 Å². The molecule has 5 nitrogen and oxygen atoms in total. The Morgan fingerprint density at radius 1 is 1.45 bits per heavy atom. The van der Waals surface area contributed by atoms with Crippen LogP contribution in [0.4, 0.5) is 0 Å². The number of pyridine rings is 1. The van der Waals surface area contributed by atoms with Crippen molar-refractivity contribution in [1.29, 1.82) is 0 Å². The summed E-state index contributed by atoms with van der Waals surface area (Å²) in [5.41, 5.74) is 1.54. The molecule has 1 fully saturated rings. The van der Waals surface area contributed by atoms with Crippen LogP contribution in [0, 0.1) is 6.92 Å². The van der Waals surface area contributed by atoms with Crippen LogP contribution in [0.3, 0.4) is 0 Å². The van der Waals surface area contributed by atoms with Crippen LogP contribution in [-0.2, 0) is 9.53 Å². The van der Waals surface area contributed by atoms with Gasteiger partial charge in [0.25, 0.3) is 0 Å². The highest BCUT2D eigenvalue weighted by atomic mass is 16.5. The molecule has 1 N–H and O–H groups in total. The van der Waals surface area contributed by atoms with Gasteiger partial charge in [-0.25, -0.2) is 0 Å². The van der Waals surface area contributed by atoms with Crippen LogP contribution in [0.1, 0.15) is 44.5 Å². The average molecular weight is 305 g/mol. The topological polar surface area (TPSA) is 54.5 Å². The first kappa shape index (κ1) is 16.9. The summed E-state index contributed by atoms with van der Waals surface area (Å²) in [4.78, 5) is 19.4. The molecule has 0 unspecified atom stereocenters. The van der Waals surface area contributed by atoms with E-state index in [1.54, 1.807) is 6.20 Å². The Labute approximate surface area is 133 Å². The van der Waals surface area contributed by atoms with E-state index in [1.807, 2.05) is 32.9 Å². The monoisotopic (exact) mass is 305 g/mol. The molecular weight excluding hydrogens is 278 g/mol. The van der Waals surface area contributed by atoms with Gasteiger partial charge in [0, 0.05) is 19.3 Å². The number of nitrogens with one attached hydrogen (secondary N) is 1. The standard InChI is InChI=1S/C17H27N3O2/c1-5-14(15-12-13(2)6-7-18-15)19-16(21)17(3,4)20-8-10-22-11-9-20/h6-7,12,14H,5,8-11H2,1-4H3,(H,19,21)/t14-/m0/s1. The van der Waals surface area contributed by atoms with Crippen molar-refractivity contribution in [2.75, 3.05) is 26.3 Å². The van der Waals surface area contributed by atoms with E-state index in [4.69, 9.17) is 4.74 Å². The molecule has 1 aliphatic rings. The number of nitrogens with zero attached hydrogens (tertiary/aromatic N) is 2. The van der Waals surface area contributed by atoms with Crippen LogP contribution >= 0.6 is 0 Å². The third-order valence-electron chi connectivity index (χ3n) is 4.36. The second-order valence-electron chi connectivity index (χ2n) is 6.35. The summed E-state index contributed by atoms with van der Waals surface area (Å²) in [6.45, 7) is 11.0. The molecule has 1 aromatic heterocycles. The lowest BCUT2D eigenvalue weighted by molar-refractivity contribution is -0.135. The minimum atomic E-state index is -0.541. The smallest absolute Gasteiger partial charge is 0.240 e. The number of aromatic nitrogens is 1. The summed E-state index contributed by atoms with van der Waals surface area (Å²) in [7, 11) is 0. The summed E-state index contributed by atoms with van der Waals surface area (Å²) in [5.74, 6) is 0.0459. The summed E-state index contributed by atoms with van der Waals surface area (Å²) in [6.07, 6.45) is 2.62. The average Bonchev–Trinajstić information content (AvgIpc) is 2.53. The third-order valence-corrected chi connectivity index (χ3v) is 4.36. The second-order valence-corrected chi connectivity index (χ2v) is 6.35. The Balaban J connectivity index is 2.08. The number of carbonyl (C=O) groups is 1. The first-order valence-corrected chi connectivity index (χ1v) is 8.01. The number of hydrogen-bond acceptors (Lipinski definition) is 4. The zero-order valence-electron chi connectivity index (χ0n) is 14.1. The summed E-state index contributed by atoms with van der Waals surface area (Å²) in [5, 5.41) is 3.16. The second kappa shape index (κ2) is 7.20. The molecule has 0 aromatic carbocycles. The fourth-order valence-electron chi connectivity index (χ4n) is 2.74. The van der Waals surface area contributed by atoms with Crippen LogP contribution in [-0.4, -0.2) is 47.6 Å². The first-order chi connectivity index (χ1) is 10.4. The normalized spacial score (nSPS) is 18.0. The SMILES string of the molecule is CC[C@H](NC(=O)C(C)(C)N1CCOCC1)c1cc(C)ccn1. The number of hydrogen-bond donors (Lipinski definition) is 1. The summed E-state index contributed by atoms with van der Waals surface area (Å²) >= 11 is 0. The lowest BCUT2D eigenvalue weighted by Crippen LogP contribution is -2.58. The molecule has 0 radical (unpaired) electrons. The summed E-state index contributed by atoms with van der Waals surface area (Å²) in [6, 6.07) is 3.96. The van der Waals surface area contributed by atoms with Crippen molar-refractivity contribution >= 4 is 5.91 Å². The van der Waals surface area contributed by atoms with Crippen molar-refractivity contribution in [1.82, 2.24) is 15.2 Å². The Morgan fingerprint density at radius 2 is 2.14 bits per heavy atom. The molecule has 1 aliphatic heterocycles. The van der Waals surface area contributed by atoms with E-state index in [1.165, 1.54) is 0 Å². The molecule has 0 spiro atoms. The van der Waals surface area contributed by atoms with Gasteiger partial charge in [0.1, 0.15) is 0 Å². The van der Waals surface area contributed by atoms with Gasteiger partial charge in [-0.1, -0.05) is 6.92 Å². The van der Waals surface area contributed by atoms with E-state index in [0.29, 0.717) is 13.2 Å². The molecule has 5 heteroatoms. The van der Waals surface area contributed by atoms with Gasteiger partial charge in [0.05, 0.1) is 30.5 Å². The largest absolute Gasteiger partial charge is 0.379 e. The maximum Gasteiger partial charge on any atom is 0.240 e. The van der Waals surface area contributed by atoms with Gasteiger partial charge in [0.2, 0.25) is 5.91 Å². The fraction of sp³-hybridized carbons (Fsp3) is 0.647. The lowest BCUT2D eigenvalue weighted by Gasteiger charge is -2.40. The van der Waals surface area contributed by atoms with E-state index in [-0.39, 0.29) is 11.9 Å². The van der Waals surface area contributed by atoms with Crippen LogP contribution < -0.4 is 5.32 Å². The third kappa shape index (κ3) is 3.84. The first-order valence-electron chi connectivity index (χ1n) is 8.01. The van der Waals surface area contributed by atoms with E-state index >= 15 is 0 Å². The van der Waals surface area contributed by atoms with E-state index in [9.17, 15) is 4.79 Å². The Bertz CT molecular complexity index is 510. The molecule has 1 amide bonds. The van der Waals surface area contributed by atoms with E-state index < -0.39 is 5.54 Å². The molecular formula is C17H27N3O2. The molecule has 2 rings (SSSR count). The number of aryl methyl sites for hydroxylation is 1. The number of rotatable bonds is 5. The molecule has 1 aromatic rings. The van der Waals surface area contributed by atoms with Crippen molar-refractivity contribution in [2.45, 2.75) is 45.7 Å². The minimum Gasteiger partial charge on any atom is -0.379 e. The highest BCUT2D eigenvalue weighted by molar-refractivity contribution is 5.85. The van der Waals surface area contributed by atoms with Crippen molar-refractivity contribution < 1.29 is 9.53 Å². The number of carbonyl (C=O) groups excluding carboxylic acids is 1. The molecule has 2 heterocycles. The zero-order chi connectivity index (χ0) is 16.2. The van der Waals surface area contributed by atoms with Gasteiger partial charge in [-0.2, -0.15) is 0 Å². The van der Waals surface area contributed by atoms with Gasteiger partial charge in [-0.15, -0.1) is 0 Å². The van der Waals surface area contributed by atoms with Gasteiger partial charge < -0.3 is 10.1 Å². The molecule has 0 saturated carbocycles. The van der Waals surface area contributed by atoms with Crippen molar-refractivity contribution in [3.63, 3.8) is 0 Å². The molecule has 122 valence electrons. The number of amides is 1. The predicted molar refractivity (Wildman–Crippen MR) is 86.6 cm³/mol. The number of morpholine rings is 1. The van der Waals surface area contributed by atoms with E-state index in [2.05, 4.69) is 22.1 Å². The van der Waals surface area contributed by atoms with Gasteiger partial charge in [-0.3, -0.25) is 14.7 Å². The number of ether oxygens (including phenoxy) is 1. The molecule has 0 bridgehead atoms. The van der Waals surface area contributed by atoms with Crippen LogP contribution in [0.2, 0.25) is 0 Å².